The first-order valence-corrected chi connectivity index (χ1v) is 8.86. The molecule has 0 heterocycles. The molecule has 0 atom stereocenters. The summed E-state index contributed by atoms with van der Waals surface area (Å²) in [6.45, 7) is 1.85. The second kappa shape index (κ2) is 7.75. The zero-order valence-electron chi connectivity index (χ0n) is 11.0. The maximum Gasteiger partial charge on any atom is 0.137 e. The summed E-state index contributed by atoms with van der Waals surface area (Å²) in [6, 6.07) is 5.96. The second-order valence-electron chi connectivity index (χ2n) is 5.16. The third kappa shape index (κ3) is 4.27. The zero-order valence-corrected chi connectivity index (χ0v) is 14.2. The number of hydrogen-bond donors (Lipinski definition) is 0. The van der Waals surface area contributed by atoms with Crippen LogP contribution in [0.5, 0.6) is 0 Å². The Hall–Kier alpha value is 0.0700. The third-order valence-electron chi connectivity index (χ3n) is 3.87. The molecule has 0 amide bonds. The summed E-state index contributed by atoms with van der Waals surface area (Å²) in [4.78, 5) is 2.49. The summed E-state index contributed by atoms with van der Waals surface area (Å²) in [5.74, 6) is -0.167. The largest absolute Gasteiger partial charge is 0.295 e. The maximum atomic E-state index is 13.6. The average molecular weight is 393 g/mol. The van der Waals surface area contributed by atoms with Crippen molar-refractivity contribution >= 4 is 31.9 Å². The van der Waals surface area contributed by atoms with Crippen LogP contribution >= 0.6 is 31.9 Å². The van der Waals surface area contributed by atoms with E-state index in [2.05, 4.69) is 36.8 Å². The molecule has 0 aliphatic heterocycles. The van der Waals surface area contributed by atoms with E-state index in [9.17, 15) is 4.39 Å². The molecule has 2 rings (SSSR count). The van der Waals surface area contributed by atoms with Gasteiger partial charge in [0.15, 0.2) is 0 Å². The van der Waals surface area contributed by atoms with Crippen molar-refractivity contribution in [2.24, 2.45) is 0 Å². The van der Waals surface area contributed by atoms with Crippen LogP contribution in [-0.2, 0) is 6.54 Å². The Balaban J connectivity index is 2.08. The highest BCUT2D eigenvalue weighted by Gasteiger charge is 2.21. The summed E-state index contributed by atoms with van der Waals surface area (Å²) in [7, 11) is 0. The van der Waals surface area contributed by atoms with Crippen molar-refractivity contribution in [1.29, 1.82) is 0 Å². The molecule has 0 N–H and O–H groups in total. The molecular weight excluding hydrogens is 373 g/mol. The van der Waals surface area contributed by atoms with Crippen molar-refractivity contribution in [2.45, 2.75) is 44.7 Å². The van der Waals surface area contributed by atoms with Crippen LogP contribution in [0.2, 0.25) is 0 Å². The van der Waals surface area contributed by atoms with Gasteiger partial charge in [0.1, 0.15) is 5.82 Å². The molecule has 0 aromatic heterocycles. The van der Waals surface area contributed by atoms with E-state index in [0.29, 0.717) is 10.5 Å². The Morgan fingerprint density at radius 2 is 1.95 bits per heavy atom. The first kappa shape index (κ1) is 15.5. The predicted octanol–water partition coefficient (Wildman–Crippen LogP) is 5.12. The summed E-state index contributed by atoms with van der Waals surface area (Å²) in [6.07, 6.45) is 6.57. The van der Waals surface area contributed by atoms with Gasteiger partial charge in [-0.25, -0.2) is 4.39 Å². The zero-order chi connectivity index (χ0) is 13.7. The number of halogens is 3. The van der Waals surface area contributed by atoms with Gasteiger partial charge in [-0.1, -0.05) is 47.3 Å². The number of benzene rings is 1. The van der Waals surface area contributed by atoms with Gasteiger partial charge in [0.25, 0.3) is 0 Å². The summed E-state index contributed by atoms with van der Waals surface area (Å²) in [5.41, 5.74) is 1.05. The molecule has 19 heavy (non-hydrogen) atoms. The smallest absolute Gasteiger partial charge is 0.137 e. The molecular formula is C15H20Br2FN. The van der Waals surface area contributed by atoms with E-state index in [-0.39, 0.29) is 5.82 Å². The van der Waals surface area contributed by atoms with Crippen LogP contribution in [0.25, 0.3) is 0 Å². The van der Waals surface area contributed by atoms with Crippen LogP contribution in [0, 0.1) is 5.82 Å². The van der Waals surface area contributed by atoms with Crippen molar-refractivity contribution in [3.8, 4) is 0 Å². The Labute approximate surface area is 131 Å². The van der Waals surface area contributed by atoms with Gasteiger partial charge in [0.05, 0.1) is 4.47 Å². The van der Waals surface area contributed by atoms with Crippen molar-refractivity contribution in [2.75, 3.05) is 11.9 Å². The monoisotopic (exact) mass is 391 g/mol. The summed E-state index contributed by atoms with van der Waals surface area (Å²) < 4.78 is 14.2. The fourth-order valence-corrected chi connectivity index (χ4v) is 3.68. The van der Waals surface area contributed by atoms with E-state index in [4.69, 9.17) is 0 Å². The molecule has 0 unspecified atom stereocenters. The van der Waals surface area contributed by atoms with Gasteiger partial charge in [-0.2, -0.15) is 0 Å². The van der Waals surface area contributed by atoms with E-state index in [1.54, 1.807) is 6.07 Å². The Morgan fingerprint density at radius 3 is 2.63 bits per heavy atom. The molecule has 0 spiro atoms. The fourth-order valence-electron chi connectivity index (χ4n) is 2.83. The number of nitrogens with zero attached hydrogens (tertiary/aromatic N) is 1. The minimum atomic E-state index is -0.167. The lowest BCUT2D eigenvalue weighted by atomic mass is 9.94. The topological polar surface area (TPSA) is 3.24 Å². The average Bonchev–Trinajstić information content (AvgIpc) is 2.44. The molecule has 0 radical (unpaired) electrons. The first-order chi connectivity index (χ1) is 9.22. The molecule has 0 bridgehead atoms. The van der Waals surface area contributed by atoms with Crippen LogP contribution in [-0.4, -0.2) is 22.8 Å². The molecule has 4 heteroatoms. The van der Waals surface area contributed by atoms with Crippen LogP contribution in [0.4, 0.5) is 4.39 Å². The van der Waals surface area contributed by atoms with Crippen molar-refractivity contribution < 1.29 is 4.39 Å². The molecule has 1 aromatic rings. The van der Waals surface area contributed by atoms with Crippen molar-refractivity contribution in [1.82, 2.24) is 4.90 Å². The van der Waals surface area contributed by atoms with Crippen molar-refractivity contribution in [3.63, 3.8) is 0 Å². The Morgan fingerprint density at radius 1 is 1.21 bits per heavy atom. The molecule has 106 valence electrons. The molecule has 1 saturated carbocycles. The van der Waals surface area contributed by atoms with Gasteiger partial charge in [0, 0.05) is 24.5 Å². The number of alkyl halides is 1. The van der Waals surface area contributed by atoms with E-state index in [0.717, 1.165) is 24.0 Å². The Bertz CT molecular complexity index is 405. The molecule has 1 aliphatic rings. The Kier molecular flexibility index (Phi) is 6.30. The van der Waals surface area contributed by atoms with Crippen molar-refractivity contribution in [3.05, 3.63) is 34.1 Å². The van der Waals surface area contributed by atoms with Gasteiger partial charge in [-0.3, -0.25) is 4.90 Å². The third-order valence-corrected chi connectivity index (χ3v) is 5.11. The minimum Gasteiger partial charge on any atom is -0.295 e. The molecule has 0 saturated heterocycles. The van der Waals surface area contributed by atoms with Gasteiger partial charge in [-0.15, -0.1) is 0 Å². The van der Waals surface area contributed by atoms with Crippen LogP contribution in [0.1, 0.15) is 37.7 Å². The maximum absolute atomic E-state index is 13.6. The highest BCUT2D eigenvalue weighted by Crippen LogP contribution is 2.27. The van der Waals surface area contributed by atoms with E-state index >= 15 is 0 Å². The van der Waals surface area contributed by atoms with Crippen LogP contribution in [0.15, 0.2) is 22.7 Å². The summed E-state index contributed by atoms with van der Waals surface area (Å²) >= 11 is 6.91. The van der Waals surface area contributed by atoms with Crippen LogP contribution < -0.4 is 0 Å². The highest BCUT2D eigenvalue weighted by molar-refractivity contribution is 9.10. The lowest BCUT2D eigenvalue weighted by Crippen LogP contribution is -2.37. The quantitative estimate of drug-likeness (QED) is 0.628. The summed E-state index contributed by atoms with van der Waals surface area (Å²) in [5, 5.41) is 0.969. The minimum absolute atomic E-state index is 0.167. The van der Waals surface area contributed by atoms with E-state index in [1.807, 2.05) is 6.07 Å². The van der Waals surface area contributed by atoms with Gasteiger partial charge >= 0.3 is 0 Å². The molecule has 1 nitrogen and oxygen atoms in total. The van der Waals surface area contributed by atoms with Gasteiger partial charge in [-0.05, 0) is 40.4 Å². The first-order valence-electron chi connectivity index (χ1n) is 6.95. The SMILES string of the molecule is Fc1cccc(CN(CCBr)C2CCCCC2)c1Br. The highest BCUT2D eigenvalue weighted by atomic mass is 79.9. The van der Waals surface area contributed by atoms with Gasteiger partial charge in [0.2, 0.25) is 0 Å². The predicted molar refractivity (Wildman–Crippen MR) is 85.2 cm³/mol. The lowest BCUT2D eigenvalue weighted by molar-refractivity contribution is 0.157. The molecule has 1 fully saturated rings. The normalized spacial score (nSPS) is 17.1. The standard InChI is InChI=1S/C15H20Br2FN/c16-9-10-19(13-6-2-1-3-7-13)11-12-5-4-8-14(18)15(12)17/h4-5,8,13H,1-3,6-7,9-11H2. The lowest BCUT2D eigenvalue weighted by Gasteiger charge is -2.34. The number of rotatable bonds is 5. The van der Waals surface area contributed by atoms with E-state index in [1.165, 1.54) is 38.2 Å². The second-order valence-corrected chi connectivity index (χ2v) is 6.75. The molecule has 1 aromatic carbocycles. The molecule has 1 aliphatic carbocycles. The van der Waals surface area contributed by atoms with E-state index < -0.39 is 0 Å². The van der Waals surface area contributed by atoms with Crippen LogP contribution in [0.3, 0.4) is 0 Å². The van der Waals surface area contributed by atoms with Gasteiger partial charge < -0.3 is 0 Å². The fraction of sp³-hybridized carbons (Fsp3) is 0.600. The number of hydrogen-bond acceptors (Lipinski definition) is 1.